The average molecular weight is 435 g/mol. The number of unbranched alkanes of at least 4 members (excludes halogenated alkanes) is 7. The van der Waals surface area contributed by atoms with Gasteiger partial charge in [-0.1, -0.05) is 58.8 Å². The number of hydrogen-bond acceptors (Lipinski definition) is 8. The number of aromatic nitrogens is 4. The molecule has 0 unspecified atom stereocenters. The molecule has 174 valence electrons. The van der Waals surface area contributed by atoms with Gasteiger partial charge < -0.3 is 25.6 Å². The number of nitrogens with zero attached hydrogens (tertiary/aromatic N) is 5. The summed E-state index contributed by atoms with van der Waals surface area (Å²) < 4.78 is 7.69. The summed E-state index contributed by atoms with van der Waals surface area (Å²) in [6, 6.07) is 0. The van der Waals surface area contributed by atoms with Crippen molar-refractivity contribution in [1.82, 2.24) is 24.4 Å². The molecule has 0 aliphatic carbocycles. The quantitative estimate of drug-likeness (QED) is 0.411. The Hall–Kier alpha value is -1.81. The molecule has 0 spiro atoms. The zero-order valence-electron chi connectivity index (χ0n) is 18.9. The molecule has 1 saturated heterocycles. The monoisotopic (exact) mass is 434 g/mol. The largest absolute Gasteiger partial charge is 0.387 e. The number of hydrogen-bond donors (Lipinski definition) is 3. The molecule has 1 aliphatic rings. The van der Waals surface area contributed by atoms with Crippen LogP contribution in [0.25, 0.3) is 11.2 Å². The smallest absolute Gasteiger partial charge is 0.167 e. The van der Waals surface area contributed by atoms with Crippen molar-refractivity contribution in [3.05, 3.63) is 12.7 Å². The maximum atomic E-state index is 10.6. The minimum absolute atomic E-state index is 0.274. The predicted molar refractivity (Wildman–Crippen MR) is 120 cm³/mol. The van der Waals surface area contributed by atoms with Crippen LogP contribution in [0.15, 0.2) is 12.7 Å². The molecule has 0 saturated carbocycles. The van der Waals surface area contributed by atoms with Crippen LogP contribution in [-0.2, 0) is 4.74 Å². The Bertz CT molecular complexity index is 801. The van der Waals surface area contributed by atoms with E-state index in [0.29, 0.717) is 17.7 Å². The van der Waals surface area contributed by atoms with Crippen LogP contribution in [0.4, 0.5) is 5.82 Å². The number of nitrogens with two attached hydrogens (primary N) is 1. The van der Waals surface area contributed by atoms with E-state index >= 15 is 0 Å². The van der Waals surface area contributed by atoms with E-state index in [2.05, 4.69) is 33.7 Å². The molecule has 4 N–H and O–H groups in total. The molecule has 0 radical (unpaired) electrons. The van der Waals surface area contributed by atoms with Gasteiger partial charge in [0.25, 0.3) is 0 Å². The summed E-state index contributed by atoms with van der Waals surface area (Å²) in [5.74, 6) is 0.274. The van der Waals surface area contributed by atoms with E-state index in [9.17, 15) is 10.2 Å². The van der Waals surface area contributed by atoms with Crippen LogP contribution in [-0.4, -0.2) is 72.6 Å². The highest BCUT2D eigenvalue weighted by molar-refractivity contribution is 5.81. The first-order valence-electron chi connectivity index (χ1n) is 11.7. The van der Waals surface area contributed by atoms with E-state index in [0.717, 1.165) is 19.5 Å². The number of ether oxygens (including phenoxy) is 1. The van der Waals surface area contributed by atoms with Gasteiger partial charge in [0.05, 0.1) is 6.33 Å². The van der Waals surface area contributed by atoms with Crippen molar-refractivity contribution < 1.29 is 14.9 Å². The lowest BCUT2D eigenvalue weighted by Crippen LogP contribution is -2.40. The third-order valence-corrected chi connectivity index (χ3v) is 6.21. The van der Waals surface area contributed by atoms with Gasteiger partial charge in [-0.05, 0) is 19.5 Å². The molecule has 3 heterocycles. The standard InChI is InChI=1S/C22H38N6O3/c1-3-5-6-7-8-9-10-11-12-27(4-2)13-16-18(29)19(30)22(31-16)28-15-26-17-20(23)24-14-25-21(17)28/h14-16,18-19,22,29-30H,3-13H2,1-2H3,(H2,23,24,25)/t16-,18-,19-,22-/m1/s1. The highest BCUT2D eigenvalue weighted by Crippen LogP contribution is 2.32. The Balaban J connectivity index is 1.50. The number of aliphatic hydroxyl groups is 2. The van der Waals surface area contributed by atoms with Gasteiger partial charge in [-0.15, -0.1) is 0 Å². The molecule has 1 fully saturated rings. The molecular weight excluding hydrogens is 396 g/mol. The van der Waals surface area contributed by atoms with Crippen molar-refractivity contribution in [2.75, 3.05) is 25.4 Å². The molecule has 4 atom stereocenters. The topological polar surface area (TPSA) is 123 Å². The first kappa shape index (κ1) is 23.8. The summed E-state index contributed by atoms with van der Waals surface area (Å²) in [5.41, 5.74) is 6.79. The molecule has 9 heteroatoms. The van der Waals surface area contributed by atoms with Crippen molar-refractivity contribution >= 4 is 17.0 Å². The van der Waals surface area contributed by atoms with Crippen molar-refractivity contribution in [2.24, 2.45) is 0 Å². The van der Waals surface area contributed by atoms with Gasteiger partial charge in [0, 0.05) is 6.54 Å². The van der Waals surface area contributed by atoms with E-state index in [1.807, 2.05) is 0 Å². The fourth-order valence-electron chi connectivity index (χ4n) is 4.27. The number of imidazole rings is 1. The zero-order chi connectivity index (χ0) is 22.2. The third-order valence-electron chi connectivity index (χ3n) is 6.21. The normalized spacial score (nSPS) is 23.9. The van der Waals surface area contributed by atoms with Gasteiger partial charge >= 0.3 is 0 Å². The average Bonchev–Trinajstić information content (AvgIpc) is 3.32. The van der Waals surface area contributed by atoms with Crippen molar-refractivity contribution in [3.63, 3.8) is 0 Å². The highest BCUT2D eigenvalue weighted by Gasteiger charge is 2.44. The maximum absolute atomic E-state index is 10.6. The Morgan fingerprint density at radius 1 is 1.00 bits per heavy atom. The second-order valence-electron chi connectivity index (χ2n) is 8.50. The molecule has 3 rings (SSSR count). The lowest BCUT2D eigenvalue weighted by molar-refractivity contribution is -0.0438. The van der Waals surface area contributed by atoms with E-state index in [-0.39, 0.29) is 5.82 Å². The van der Waals surface area contributed by atoms with Crippen LogP contribution in [0.5, 0.6) is 0 Å². The van der Waals surface area contributed by atoms with Gasteiger partial charge in [0.15, 0.2) is 17.7 Å². The Labute approximate surface area is 184 Å². The molecular formula is C22H38N6O3. The molecule has 0 aromatic carbocycles. The molecule has 2 aromatic rings. The fourth-order valence-corrected chi connectivity index (χ4v) is 4.27. The van der Waals surface area contributed by atoms with Crippen molar-refractivity contribution in [1.29, 1.82) is 0 Å². The SMILES string of the molecule is CCCCCCCCCCN(CC)C[C@H]1O[C@@H](n2cnc3c(N)ncnc32)[C@H](O)[C@@H]1O. The third kappa shape index (κ3) is 5.91. The molecule has 0 bridgehead atoms. The summed E-state index contributed by atoms with van der Waals surface area (Å²) in [4.78, 5) is 14.7. The molecule has 0 amide bonds. The molecule has 9 nitrogen and oxygen atoms in total. The molecule has 31 heavy (non-hydrogen) atoms. The number of anilines is 1. The first-order chi connectivity index (χ1) is 15.1. The fraction of sp³-hybridized carbons (Fsp3) is 0.773. The molecule has 1 aliphatic heterocycles. The second-order valence-corrected chi connectivity index (χ2v) is 8.50. The second kappa shape index (κ2) is 11.7. The van der Waals surface area contributed by atoms with Crippen LogP contribution < -0.4 is 5.73 Å². The number of likely N-dealkylation sites (N-methyl/N-ethyl adjacent to an activating group) is 1. The summed E-state index contributed by atoms with van der Waals surface area (Å²) in [5, 5.41) is 21.2. The van der Waals surface area contributed by atoms with Crippen LogP contribution in [0.1, 0.15) is 71.4 Å². The summed E-state index contributed by atoms with van der Waals surface area (Å²) >= 11 is 0. The van der Waals surface area contributed by atoms with Gasteiger partial charge in [-0.2, -0.15) is 0 Å². The van der Waals surface area contributed by atoms with Crippen molar-refractivity contribution in [3.8, 4) is 0 Å². The lowest BCUT2D eigenvalue weighted by atomic mass is 10.1. The van der Waals surface area contributed by atoms with Gasteiger partial charge in [0.2, 0.25) is 0 Å². The van der Waals surface area contributed by atoms with E-state index in [1.165, 1.54) is 57.6 Å². The predicted octanol–water partition coefficient (Wildman–Crippen LogP) is 2.49. The minimum atomic E-state index is -1.07. The Morgan fingerprint density at radius 3 is 2.42 bits per heavy atom. The summed E-state index contributed by atoms with van der Waals surface area (Å²) in [7, 11) is 0. The van der Waals surface area contributed by atoms with E-state index in [1.54, 1.807) is 4.57 Å². The van der Waals surface area contributed by atoms with Gasteiger partial charge in [-0.25, -0.2) is 15.0 Å². The highest BCUT2D eigenvalue weighted by atomic mass is 16.6. The Morgan fingerprint density at radius 2 is 1.71 bits per heavy atom. The Kier molecular flexibility index (Phi) is 9.01. The maximum Gasteiger partial charge on any atom is 0.167 e. The van der Waals surface area contributed by atoms with E-state index in [4.69, 9.17) is 10.5 Å². The van der Waals surface area contributed by atoms with Crippen LogP contribution in [0.2, 0.25) is 0 Å². The van der Waals surface area contributed by atoms with Gasteiger partial charge in [-0.3, -0.25) is 4.57 Å². The number of rotatable bonds is 13. The molecule has 2 aromatic heterocycles. The first-order valence-corrected chi connectivity index (χ1v) is 11.7. The minimum Gasteiger partial charge on any atom is -0.387 e. The van der Waals surface area contributed by atoms with Crippen molar-refractivity contribution in [2.45, 2.75) is 89.8 Å². The van der Waals surface area contributed by atoms with Crippen LogP contribution in [0.3, 0.4) is 0 Å². The lowest BCUT2D eigenvalue weighted by Gasteiger charge is -2.25. The van der Waals surface area contributed by atoms with Crippen LogP contribution >= 0.6 is 0 Å². The number of nitrogen functional groups attached to an aromatic ring is 1. The number of aliphatic hydroxyl groups excluding tert-OH is 2. The van der Waals surface area contributed by atoms with Crippen LogP contribution in [0, 0.1) is 0 Å². The van der Waals surface area contributed by atoms with E-state index < -0.39 is 24.5 Å². The summed E-state index contributed by atoms with van der Waals surface area (Å²) in [6.45, 7) is 6.78. The number of fused-ring (bicyclic) bond motifs is 1. The zero-order valence-corrected chi connectivity index (χ0v) is 18.9. The summed E-state index contributed by atoms with van der Waals surface area (Å²) in [6.07, 6.45) is 9.87. The van der Waals surface area contributed by atoms with Gasteiger partial charge in [0.1, 0.15) is 30.2 Å².